The van der Waals surface area contributed by atoms with Crippen molar-refractivity contribution in [1.29, 1.82) is 0 Å². The topological polar surface area (TPSA) is 129 Å². The summed E-state index contributed by atoms with van der Waals surface area (Å²) >= 11 is 0. The predicted octanol–water partition coefficient (Wildman–Crippen LogP) is 1.88. The van der Waals surface area contributed by atoms with E-state index in [1.54, 1.807) is 27.7 Å². The van der Waals surface area contributed by atoms with Gasteiger partial charge in [-0.3, -0.25) is 9.59 Å². The molecule has 3 aliphatic heterocycles. The summed E-state index contributed by atoms with van der Waals surface area (Å²) in [5.41, 5.74) is -1.71. The number of esters is 3. The van der Waals surface area contributed by atoms with Gasteiger partial charge in [-0.1, -0.05) is 41.2 Å². The van der Waals surface area contributed by atoms with E-state index in [0.29, 0.717) is 12.8 Å². The molecule has 3 saturated heterocycles. The third kappa shape index (κ3) is 4.55. The maximum atomic E-state index is 12.8. The van der Waals surface area contributed by atoms with E-state index in [2.05, 4.69) is 6.58 Å². The number of fused-ring (bicyclic) bond motifs is 3. The average molecular weight is 469 g/mol. The molecule has 2 N–H and O–H groups in total. The van der Waals surface area contributed by atoms with Crippen LogP contribution in [0.5, 0.6) is 0 Å². The van der Waals surface area contributed by atoms with Gasteiger partial charge >= 0.3 is 17.9 Å². The molecule has 9 nitrogen and oxygen atoms in total. The molecule has 0 aromatic carbocycles. The molecule has 33 heavy (non-hydrogen) atoms. The smallest absolute Gasteiger partial charge is 0.334 e. The molecule has 3 rings (SSSR count). The van der Waals surface area contributed by atoms with Gasteiger partial charge in [0.05, 0.1) is 23.9 Å². The molecule has 0 spiro atoms. The minimum Gasteiger partial charge on any atom is -0.456 e. The zero-order chi connectivity index (χ0) is 24.9. The maximum absolute atomic E-state index is 12.8. The molecular weight excluding hydrogens is 432 g/mol. The second-order valence-corrected chi connectivity index (χ2v) is 10.3. The van der Waals surface area contributed by atoms with Gasteiger partial charge in [-0.2, -0.15) is 0 Å². The van der Waals surface area contributed by atoms with Crippen molar-refractivity contribution in [2.45, 2.75) is 96.6 Å². The zero-order valence-corrected chi connectivity index (χ0v) is 20.2. The highest BCUT2D eigenvalue weighted by Gasteiger charge is 2.65. The summed E-state index contributed by atoms with van der Waals surface area (Å²) in [7, 11) is 0. The van der Waals surface area contributed by atoms with Crippen LogP contribution in [0.1, 0.15) is 60.8 Å². The van der Waals surface area contributed by atoms with Gasteiger partial charge in [-0.15, -0.1) is 0 Å². The molecule has 3 aliphatic rings. The van der Waals surface area contributed by atoms with Crippen molar-refractivity contribution in [1.82, 2.24) is 0 Å². The summed E-state index contributed by atoms with van der Waals surface area (Å²) in [6, 6.07) is 0. The molecule has 0 aromatic rings. The molecule has 9 heteroatoms. The van der Waals surface area contributed by atoms with Crippen LogP contribution in [0, 0.1) is 23.7 Å². The molecule has 0 saturated carbocycles. The standard InChI is InChI=1S/C24H36O9/c1-8-12(4)21(26)31-18-16-14(6)22(27)30-17(16)19(32-20(25)11(2)3)23(7,28)10-15-9-13(5)24(18,29)33-15/h11-13,15-19,28-29H,6,8-10H2,1-5,7H3/t12-,13+,15+,16-,17-,18+,19+,23-,24-/m1/s1. The van der Waals surface area contributed by atoms with Crippen molar-refractivity contribution in [2.24, 2.45) is 23.7 Å². The van der Waals surface area contributed by atoms with Crippen LogP contribution in [0.4, 0.5) is 0 Å². The minimum atomic E-state index is -1.94. The minimum absolute atomic E-state index is 0.00890. The molecule has 0 aliphatic carbocycles. The number of hydrogen-bond donors (Lipinski definition) is 2. The molecule has 3 heterocycles. The molecule has 2 bridgehead atoms. The van der Waals surface area contributed by atoms with Crippen molar-refractivity contribution in [3.05, 3.63) is 12.2 Å². The van der Waals surface area contributed by atoms with Gasteiger partial charge in [-0.25, -0.2) is 4.79 Å². The Morgan fingerprint density at radius 1 is 1.18 bits per heavy atom. The first-order valence-electron chi connectivity index (χ1n) is 11.7. The van der Waals surface area contributed by atoms with E-state index in [0.717, 1.165) is 0 Å². The highest BCUT2D eigenvalue weighted by molar-refractivity contribution is 5.91. The van der Waals surface area contributed by atoms with Crippen LogP contribution in [0.3, 0.4) is 0 Å². The quantitative estimate of drug-likeness (QED) is 0.353. The fourth-order valence-corrected chi connectivity index (χ4v) is 4.89. The van der Waals surface area contributed by atoms with Gasteiger partial charge in [0.15, 0.2) is 18.3 Å². The van der Waals surface area contributed by atoms with Crippen LogP contribution >= 0.6 is 0 Å². The van der Waals surface area contributed by atoms with Crippen LogP contribution < -0.4 is 0 Å². The number of hydrogen-bond acceptors (Lipinski definition) is 9. The normalized spacial score (nSPS) is 41.5. The van der Waals surface area contributed by atoms with Gasteiger partial charge in [0.25, 0.3) is 0 Å². The Morgan fingerprint density at radius 2 is 1.79 bits per heavy atom. The van der Waals surface area contributed by atoms with E-state index < -0.39 is 77.4 Å². The molecular formula is C24H36O9. The van der Waals surface area contributed by atoms with Gasteiger partial charge in [-0.05, 0) is 19.8 Å². The second-order valence-electron chi connectivity index (χ2n) is 10.3. The average Bonchev–Trinajstić information content (AvgIpc) is 3.17. The van der Waals surface area contributed by atoms with Gasteiger partial charge in [0.1, 0.15) is 5.60 Å². The molecule has 0 amide bonds. The summed E-state index contributed by atoms with van der Waals surface area (Å²) in [5.74, 6) is -6.40. The third-order valence-corrected chi connectivity index (χ3v) is 7.20. The number of carbonyl (C=O) groups is 3. The van der Waals surface area contributed by atoms with Crippen molar-refractivity contribution in [3.63, 3.8) is 0 Å². The Bertz CT molecular complexity index is 819. The number of rotatable bonds is 5. The molecule has 3 fully saturated rings. The lowest BCUT2D eigenvalue weighted by Crippen LogP contribution is -2.58. The molecule has 186 valence electrons. The van der Waals surface area contributed by atoms with Crippen molar-refractivity contribution < 1.29 is 43.5 Å². The van der Waals surface area contributed by atoms with E-state index >= 15 is 0 Å². The lowest BCUT2D eigenvalue weighted by molar-refractivity contribution is -0.279. The van der Waals surface area contributed by atoms with E-state index in [-0.39, 0.29) is 12.0 Å². The van der Waals surface area contributed by atoms with E-state index in [1.165, 1.54) is 6.92 Å². The summed E-state index contributed by atoms with van der Waals surface area (Å²) in [5, 5.41) is 23.1. The first-order valence-corrected chi connectivity index (χ1v) is 11.7. The SMILES string of the molecule is C=C1C(=O)O[C@@H]2[C@@H]1[C@H](OC(=O)[C@H](C)CC)[C@]1(O)O[C@@H](C[C@@H]1C)C[C@@](C)(O)[C@H]2OC(=O)C(C)C. The summed E-state index contributed by atoms with van der Waals surface area (Å²) < 4.78 is 23.0. The Kier molecular flexibility index (Phi) is 6.99. The Morgan fingerprint density at radius 3 is 2.36 bits per heavy atom. The van der Waals surface area contributed by atoms with E-state index in [4.69, 9.17) is 18.9 Å². The van der Waals surface area contributed by atoms with Crippen molar-refractivity contribution >= 4 is 17.9 Å². The summed E-state index contributed by atoms with van der Waals surface area (Å²) in [6.45, 7) is 13.9. The van der Waals surface area contributed by atoms with Gasteiger partial charge in [0.2, 0.25) is 5.79 Å². The van der Waals surface area contributed by atoms with Gasteiger partial charge in [0, 0.05) is 17.9 Å². The molecule has 9 atom stereocenters. The molecule has 0 unspecified atom stereocenters. The lowest BCUT2D eigenvalue weighted by atomic mass is 9.75. The fourth-order valence-electron chi connectivity index (χ4n) is 4.89. The summed E-state index contributed by atoms with van der Waals surface area (Å²) in [6.07, 6.45) is -3.58. The Hall–Kier alpha value is -1.97. The largest absolute Gasteiger partial charge is 0.456 e. The van der Waals surface area contributed by atoms with Crippen molar-refractivity contribution in [2.75, 3.05) is 0 Å². The van der Waals surface area contributed by atoms with E-state index in [1.807, 2.05) is 6.92 Å². The van der Waals surface area contributed by atoms with Crippen LogP contribution in [0.2, 0.25) is 0 Å². The third-order valence-electron chi connectivity index (χ3n) is 7.20. The van der Waals surface area contributed by atoms with E-state index in [9.17, 15) is 24.6 Å². The highest BCUT2D eigenvalue weighted by Crippen LogP contribution is 2.50. The summed E-state index contributed by atoms with van der Waals surface area (Å²) in [4.78, 5) is 38.0. The lowest BCUT2D eigenvalue weighted by Gasteiger charge is -2.41. The number of aliphatic hydroxyl groups is 2. The van der Waals surface area contributed by atoms with Crippen LogP contribution in [0.15, 0.2) is 12.2 Å². The maximum Gasteiger partial charge on any atom is 0.334 e. The molecule has 0 aromatic heterocycles. The van der Waals surface area contributed by atoms with Gasteiger partial charge < -0.3 is 29.2 Å². The second kappa shape index (κ2) is 9.00. The van der Waals surface area contributed by atoms with Crippen molar-refractivity contribution in [3.8, 4) is 0 Å². The fraction of sp³-hybridized carbons (Fsp3) is 0.792. The monoisotopic (exact) mass is 468 g/mol. The van der Waals surface area contributed by atoms with Crippen LogP contribution in [-0.2, 0) is 33.3 Å². The molecule has 0 radical (unpaired) electrons. The predicted molar refractivity (Wildman–Crippen MR) is 115 cm³/mol. The van der Waals surface area contributed by atoms with Crippen LogP contribution in [0.25, 0.3) is 0 Å². The Balaban J connectivity index is 2.14. The van der Waals surface area contributed by atoms with Crippen LogP contribution in [-0.4, -0.2) is 63.9 Å². The number of ether oxygens (including phenoxy) is 4. The zero-order valence-electron chi connectivity index (χ0n) is 20.2. The first kappa shape index (κ1) is 25.6. The highest BCUT2D eigenvalue weighted by atomic mass is 16.7. The first-order chi connectivity index (χ1) is 15.2. The Labute approximate surface area is 194 Å². The number of carbonyl (C=O) groups excluding carboxylic acids is 3.